The Morgan fingerprint density at radius 3 is 2.29 bits per heavy atom. The summed E-state index contributed by atoms with van der Waals surface area (Å²) in [4.78, 5) is 0.217. The SMILES string of the molecule is Cc1ccc(C(O)CS(=O)(=O)c2ccc(Br)cc2)c(C)c1. The summed E-state index contributed by atoms with van der Waals surface area (Å²) < 4.78 is 25.5. The van der Waals surface area contributed by atoms with Gasteiger partial charge in [-0.05, 0) is 49.2 Å². The molecule has 21 heavy (non-hydrogen) atoms. The van der Waals surface area contributed by atoms with Crippen LogP contribution in [0.5, 0.6) is 0 Å². The monoisotopic (exact) mass is 368 g/mol. The highest BCUT2D eigenvalue weighted by Crippen LogP contribution is 2.24. The lowest BCUT2D eigenvalue weighted by Crippen LogP contribution is -2.15. The molecule has 2 aromatic rings. The summed E-state index contributed by atoms with van der Waals surface area (Å²) in [5, 5.41) is 10.3. The maximum absolute atomic E-state index is 12.3. The van der Waals surface area contributed by atoms with Gasteiger partial charge in [0.1, 0.15) is 0 Å². The molecule has 2 rings (SSSR count). The highest BCUT2D eigenvalue weighted by atomic mass is 79.9. The zero-order valence-electron chi connectivity index (χ0n) is 11.9. The summed E-state index contributed by atoms with van der Waals surface area (Å²) >= 11 is 3.27. The van der Waals surface area contributed by atoms with Crippen LogP contribution in [0.3, 0.4) is 0 Å². The van der Waals surface area contributed by atoms with E-state index in [0.717, 1.165) is 15.6 Å². The molecule has 0 aliphatic carbocycles. The van der Waals surface area contributed by atoms with E-state index < -0.39 is 15.9 Å². The number of hydrogen-bond acceptors (Lipinski definition) is 3. The fourth-order valence-corrected chi connectivity index (χ4v) is 3.84. The summed E-state index contributed by atoms with van der Waals surface area (Å²) in [6.07, 6.45) is -1.03. The fraction of sp³-hybridized carbons (Fsp3) is 0.250. The Balaban J connectivity index is 2.25. The van der Waals surface area contributed by atoms with E-state index in [0.29, 0.717) is 5.56 Å². The van der Waals surface area contributed by atoms with Crippen LogP contribution in [0.15, 0.2) is 51.8 Å². The van der Waals surface area contributed by atoms with Crippen LogP contribution in [0.4, 0.5) is 0 Å². The second kappa shape index (κ2) is 6.30. The van der Waals surface area contributed by atoms with Gasteiger partial charge in [-0.1, -0.05) is 39.7 Å². The van der Waals surface area contributed by atoms with Crippen LogP contribution in [0, 0.1) is 13.8 Å². The third-order valence-electron chi connectivity index (χ3n) is 3.33. The second-order valence-corrected chi connectivity index (χ2v) is 8.06. The lowest BCUT2D eigenvalue weighted by Gasteiger charge is -2.14. The highest BCUT2D eigenvalue weighted by molar-refractivity contribution is 9.10. The van der Waals surface area contributed by atoms with Gasteiger partial charge in [0.15, 0.2) is 9.84 Å². The third kappa shape index (κ3) is 3.93. The standard InChI is InChI=1S/C16H17BrO3S/c1-11-3-8-15(12(2)9-11)16(18)10-21(19,20)14-6-4-13(17)5-7-14/h3-9,16,18H,10H2,1-2H3. The van der Waals surface area contributed by atoms with Gasteiger partial charge in [-0.15, -0.1) is 0 Å². The molecule has 0 fully saturated rings. The molecule has 0 aromatic heterocycles. The molecule has 0 spiro atoms. The van der Waals surface area contributed by atoms with Crippen LogP contribution >= 0.6 is 15.9 Å². The summed E-state index contributed by atoms with van der Waals surface area (Å²) in [6.45, 7) is 3.83. The maximum Gasteiger partial charge on any atom is 0.181 e. The summed E-state index contributed by atoms with van der Waals surface area (Å²) in [7, 11) is -3.52. The first-order valence-corrected chi connectivity index (χ1v) is 8.97. The minimum atomic E-state index is -3.52. The summed E-state index contributed by atoms with van der Waals surface area (Å²) in [5.41, 5.74) is 2.63. The van der Waals surface area contributed by atoms with Crippen molar-refractivity contribution >= 4 is 25.8 Å². The van der Waals surface area contributed by atoms with E-state index in [-0.39, 0.29) is 10.6 Å². The molecule has 0 bridgehead atoms. The van der Waals surface area contributed by atoms with Crippen molar-refractivity contribution in [2.24, 2.45) is 0 Å². The number of sulfone groups is 1. The molecule has 0 aliphatic rings. The van der Waals surface area contributed by atoms with Crippen molar-refractivity contribution < 1.29 is 13.5 Å². The van der Waals surface area contributed by atoms with Crippen LogP contribution in [0.2, 0.25) is 0 Å². The molecule has 1 N–H and O–H groups in total. The molecule has 1 atom stereocenters. The average molecular weight is 369 g/mol. The predicted octanol–water partition coefficient (Wildman–Crippen LogP) is 3.57. The van der Waals surface area contributed by atoms with Gasteiger partial charge in [-0.2, -0.15) is 0 Å². The van der Waals surface area contributed by atoms with E-state index in [1.54, 1.807) is 18.2 Å². The van der Waals surface area contributed by atoms with Crippen LogP contribution in [-0.4, -0.2) is 19.3 Å². The Morgan fingerprint density at radius 1 is 1.10 bits per heavy atom. The Kier molecular flexibility index (Phi) is 4.86. The molecular weight excluding hydrogens is 352 g/mol. The van der Waals surface area contributed by atoms with E-state index in [9.17, 15) is 13.5 Å². The van der Waals surface area contributed by atoms with Crippen molar-refractivity contribution in [2.75, 3.05) is 5.75 Å². The largest absolute Gasteiger partial charge is 0.387 e. The van der Waals surface area contributed by atoms with Crippen molar-refractivity contribution in [3.63, 3.8) is 0 Å². The van der Waals surface area contributed by atoms with E-state index in [1.807, 2.05) is 26.0 Å². The molecule has 0 radical (unpaired) electrons. The predicted molar refractivity (Wildman–Crippen MR) is 87.1 cm³/mol. The Labute approximate surface area is 133 Å². The molecule has 0 heterocycles. The van der Waals surface area contributed by atoms with Gasteiger partial charge in [0.25, 0.3) is 0 Å². The quantitative estimate of drug-likeness (QED) is 0.897. The maximum atomic E-state index is 12.3. The smallest absolute Gasteiger partial charge is 0.181 e. The van der Waals surface area contributed by atoms with Crippen LogP contribution in [0.1, 0.15) is 22.8 Å². The minimum Gasteiger partial charge on any atom is -0.387 e. The van der Waals surface area contributed by atoms with Gasteiger partial charge in [0.2, 0.25) is 0 Å². The number of halogens is 1. The zero-order valence-corrected chi connectivity index (χ0v) is 14.3. The Bertz CT molecular complexity index is 737. The van der Waals surface area contributed by atoms with Gasteiger partial charge in [-0.25, -0.2) is 8.42 Å². The fourth-order valence-electron chi connectivity index (χ4n) is 2.24. The number of aliphatic hydroxyl groups excluding tert-OH is 1. The molecule has 0 saturated carbocycles. The molecular formula is C16H17BrO3S. The topological polar surface area (TPSA) is 54.4 Å². The first-order valence-electron chi connectivity index (χ1n) is 6.53. The lowest BCUT2D eigenvalue weighted by atomic mass is 10.0. The van der Waals surface area contributed by atoms with Gasteiger partial charge in [0, 0.05) is 4.47 Å². The number of rotatable bonds is 4. The molecule has 0 amide bonds. The van der Waals surface area contributed by atoms with E-state index in [1.165, 1.54) is 12.1 Å². The number of benzene rings is 2. The van der Waals surface area contributed by atoms with Gasteiger partial charge in [0.05, 0.1) is 16.8 Å². The molecule has 2 aromatic carbocycles. The normalized spacial score (nSPS) is 13.1. The molecule has 3 nitrogen and oxygen atoms in total. The van der Waals surface area contributed by atoms with E-state index in [2.05, 4.69) is 15.9 Å². The van der Waals surface area contributed by atoms with Gasteiger partial charge in [-0.3, -0.25) is 0 Å². The number of aryl methyl sites for hydroxylation is 2. The Hall–Kier alpha value is -1.17. The van der Waals surface area contributed by atoms with Gasteiger partial charge >= 0.3 is 0 Å². The van der Waals surface area contributed by atoms with Crippen molar-refractivity contribution in [2.45, 2.75) is 24.8 Å². The molecule has 1 unspecified atom stereocenters. The van der Waals surface area contributed by atoms with Crippen LogP contribution in [-0.2, 0) is 9.84 Å². The first kappa shape index (κ1) is 16.2. The highest BCUT2D eigenvalue weighted by Gasteiger charge is 2.22. The van der Waals surface area contributed by atoms with Gasteiger partial charge < -0.3 is 5.11 Å². The van der Waals surface area contributed by atoms with E-state index in [4.69, 9.17) is 0 Å². The number of aliphatic hydroxyl groups is 1. The molecule has 0 saturated heterocycles. The first-order chi connectivity index (χ1) is 9.79. The molecule has 112 valence electrons. The van der Waals surface area contributed by atoms with Crippen molar-refractivity contribution in [3.8, 4) is 0 Å². The van der Waals surface area contributed by atoms with E-state index >= 15 is 0 Å². The van der Waals surface area contributed by atoms with Crippen molar-refractivity contribution in [3.05, 3.63) is 63.6 Å². The van der Waals surface area contributed by atoms with Crippen molar-refractivity contribution in [1.29, 1.82) is 0 Å². The summed E-state index contributed by atoms with van der Waals surface area (Å²) in [5.74, 6) is -0.321. The lowest BCUT2D eigenvalue weighted by molar-refractivity contribution is 0.201. The summed E-state index contributed by atoms with van der Waals surface area (Å²) in [6, 6.07) is 12.0. The third-order valence-corrected chi connectivity index (χ3v) is 5.61. The number of hydrogen-bond donors (Lipinski definition) is 1. The van der Waals surface area contributed by atoms with Crippen LogP contribution in [0.25, 0.3) is 0 Å². The minimum absolute atomic E-state index is 0.217. The van der Waals surface area contributed by atoms with Crippen molar-refractivity contribution in [1.82, 2.24) is 0 Å². The molecule has 0 aliphatic heterocycles. The average Bonchev–Trinajstić information content (AvgIpc) is 2.38. The molecule has 5 heteroatoms. The Morgan fingerprint density at radius 2 is 1.71 bits per heavy atom. The second-order valence-electron chi connectivity index (χ2n) is 5.11. The zero-order chi connectivity index (χ0) is 15.6. The van der Waals surface area contributed by atoms with Crippen LogP contribution < -0.4 is 0 Å².